The summed E-state index contributed by atoms with van der Waals surface area (Å²) in [6.45, 7) is 1.86. The van der Waals surface area contributed by atoms with Gasteiger partial charge in [0.1, 0.15) is 6.54 Å². The Hall–Kier alpha value is -1.40. The van der Waals surface area contributed by atoms with Gasteiger partial charge in [-0.1, -0.05) is 30.3 Å². The predicted molar refractivity (Wildman–Crippen MR) is 78.1 cm³/mol. The van der Waals surface area contributed by atoms with Crippen molar-refractivity contribution >= 4 is 28.9 Å². The standard InChI is InChI=1S/C13H18N2O3.BrH/c1-2-18-12(16)9-15-13(17)11(14)8-10-6-4-3-5-7-10;/h3-7,11H,2,8-9,14H2,1H3,(H,15,17);1H. The molecule has 106 valence electrons. The second-order valence-electron chi connectivity index (χ2n) is 3.82. The first-order valence-electron chi connectivity index (χ1n) is 5.86. The lowest BCUT2D eigenvalue weighted by Crippen LogP contribution is -2.44. The summed E-state index contributed by atoms with van der Waals surface area (Å²) in [5.41, 5.74) is 6.73. The van der Waals surface area contributed by atoms with Gasteiger partial charge in [-0.3, -0.25) is 9.59 Å². The SMILES string of the molecule is Br.CCOC(=O)CNC(=O)C(N)Cc1ccccc1. The molecule has 0 aromatic heterocycles. The molecule has 1 amide bonds. The highest BCUT2D eigenvalue weighted by molar-refractivity contribution is 8.93. The molecule has 0 radical (unpaired) electrons. The van der Waals surface area contributed by atoms with Gasteiger partial charge in [0.05, 0.1) is 12.6 Å². The first-order chi connectivity index (χ1) is 8.63. The first kappa shape index (κ1) is 17.6. The fraction of sp³-hybridized carbons (Fsp3) is 0.385. The molecule has 1 aromatic rings. The lowest BCUT2D eigenvalue weighted by Gasteiger charge is -2.11. The minimum Gasteiger partial charge on any atom is -0.465 e. The van der Waals surface area contributed by atoms with Crippen LogP contribution in [0, 0.1) is 0 Å². The van der Waals surface area contributed by atoms with Crippen molar-refractivity contribution in [3.8, 4) is 0 Å². The van der Waals surface area contributed by atoms with Crippen molar-refractivity contribution < 1.29 is 14.3 Å². The third-order valence-electron chi connectivity index (χ3n) is 2.35. The van der Waals surface area contributed by atoms with E-state index in [0.717, 1.165) is 5.56 Å². The van der Waals surface area contributed by atoms with Crippen LogP contribution in [0.5, 0.6) is 0 Å². The van der Waals surface area contributed by atoms with E-state index in [1.54, 1.807) is 6.92 Å². The molecule has 0 aliphatic heterocycles. The minimum absolute atomic E-state index is 0. The normalized spacial score (nSPS) is 11.1. The number of rotatable bonds is 6. The number of ether oxygens (including phenoxy) is 1. The van der Waals surface area contributed by atoms with Gasteiger partial charge >= 0.3 is 5.97 Å². The molecule has 1 rings (SSSR count). The van der Waals surface area contributed by atoms with E-state index in [0.29, 0.717) is 13.0 Å². The summed E-state index contributed by atoms with van der Waals surface area (Å²) in [7, 11) is 0. The second kappa shape index (κ2) is 9.52. The Morgan fingerprint density at radius 3 is 2.53 bits per heavy atom. The lowest BCUT2D eigenvalue weighted by atomic mass is 10.1. The van der Waals surface area contributed by atoms with Crippen molar-refractivity contribution in [1.82, 2.24) is 5.32 Å². The van der Waals surface area contributed by atoms with Crippen LogP contribution in [0.3, 0.4) is 0 Å². The van der Waals surface area contributed by atoms with E-state index < -0.39 is 12.0 Å². The Labute approximate surface area is 123 Å². The van der Waals surface area contributed by atoms with Crippen LogP contribution in [0.4, 0.5) is 0 Å². The number of benzene rings is 1. The van der Waals surface area contributed by atoms with E-state index in [1.807, 2.05) is 30.3 Å². The zero-order chi connectivity index (χ0) is 13.4. The van der Waals surface area contributed by atoms with E-state index >= 15 is 0 Å². The molecule has 1 atom stereocenters. The van der Waals surface area contributed by atoms with Crippen LogP contribution in [0.15, 0.2) is 30.3 Å². The van der Waals surface area contributed by atoms with Gasteiger partial charge in [-0.25, -0.2) is 0 Å². The molecule has 0 fully saturated rings. The quantitative estimate of drug-likeness (QED) is 0.756. The van der Waals surface area contributed by atoms with Gasteiger partial charge in [-0.15, -0.1) is 17.0 Å². The minimum atomic E-state index is -0.665. The van der Waals surface area contributed by atoms with Crippen molar-refractivity contribution in [2.24, 2.45) is 5.73 Å². The maximum Gasteiger partial charge on any atom is 0.325 e. The van der Waals surface area contributed by atoms with E-state index in [9.17, 15) is 9.59 Å². The van der Waals surface area contributed by atoms with Crippen LogP contribution in [0.25, 0.3) is 0 Å². The molecule has 0 aliphatic carbocycles. The van der Waals surface area contributed by atoms with Gasteiger partial charge in [0.2, 0.25) is 5.91 Å². The highest BCUT2D eigenvalue weighted by Gasteiger charge is 2.14. The summed E-state index contributed by atoms with van der Waals surface area (Å²) in [5.74, 6) is -0.815. The summed E-state index contributed by atoms with van der Waals surface area (Å²) in [6, 6.07) is 8.81. The number of carbonyl (C=O) groups is 2. The molecule has 0 aliphatic rings. The molecule has 19 heavy (non-hydrogen) atoms. The van der Waals surface area contributed by atoms with Crippen LogP contribution >= 0.6 is 17.0 Å². The smallest absolute Gasteiger partial charge is 0.325 e. The van der Waals surface area contributed by atoms with Gasteiger partial charge in [-0.05, 0) is 18.9 Å². The highest BCUT2D eigenvalue weighted by atomic mass is 79.9. The van der Waals surface area contributed by atoms with Crippen LogP contribution in [0.2, 0.25) is 0 Å². The van der Waals surface area contributed by atoms with Crippen LogP contribution < -0.4 is 11.1 Å². The summed E-state index contributed by atoms with van der Waals surface area (Å²) >= 11 is 0. The molecular formula is C13H19BrN2O3. The Morgan fingerprint density at radius 2 is 1.95 bits per heavy atom. The van der Waals surface area contributed by atoms with E-state index in [1.165, 1.54) is 0 Å². The highest BCUT2D eigenvalue weighted by Crippen LogP contribution is 2.01. The number of carbonyl (C=O) groups excluding carboxylic acids is 2. The van der Waals surface area contributed by atoms with Gasteiger partial charge < -0.3 is 15.8 Å². The largest absolute Gasteiger partial charge is 0.465 e. The fourth-order valence-electron chi connectivity index (χ4n) is 1.46. The molecule has 1 aromatic carbocycles. The second-order valence-corrected chi connectivity index (χ2v) is 3.82. The molecule has 1 unspecified atom stereocenters. The van der Waals surface area contributed by atoms with Gasteiger partial charge in [0, 0.05) is 0 Å². The van der Waals surface area contributed by atoms with Gasteiger partial charge in [0.15, 0.2) is 0 Å². The summed E-state index contributed by atoms with van der Waals surface area (Å²) in [6.07, 6.45) is 0.440. The van der Waals surface area contributed by atoms with Crippen molar-refractivity contribution in [3.05, 3.63) is 35.9 Å². The van der Waals surface area contributed by atoms with Crippen molar-refractivity contribution in [2.75, 3.05) is 13.2 Å². The Balaban J connectivity index is 0.00000324. The number of nitrogens with two attached hydrogens (primary N) is 1. The molecule has 0 saturated heterocycles. The zero-order valence-corrected chi connectivity index (χ0v) is 12.5. The van der Waals surface area contributed by atoms with Gasteiger partial charge in [0.25, 0.3) is 0 Å². The first-order valence-corrected chi connectivity index (χ1v) is 5.86. The van der Waals surface area contributed by atoms with Crippen LogP contribution in [-0.2, 0) is 20.7 Å². The number of hydrogen-bond acceptors (Lipinski definition) is 4. The summed E-state index contributed by atoms with van der Waals surface area (Å²) in [5, 5.41) is 2.45. The average molecular weight is 331 g/mol. The summed E-state index contributed by atoms with van der Waals surface area (Å²) in [4.78, 5) is 22.7. The van der Waals surface area contributed by atoms with Crippen molar-refractivity contribution in [1.29, 1.82) is 0 Å². The lowest BCUT2D eigenvalue weighted by molar-refractivity contribution is -0.143. The monoisotopic (exact) mass is 330 g/mol. The zero-order valence-electron chi connectivity index (χ0n) is 10.8. The Morgan fingerprint density at radius 1 is 1.32 bits per heavy atom. The molecule has 0 heterocycles. The number of nitrogens with one attached hydrogen (secondary N) is 1. The van der Waals surface area contributed by atoms with Crippen molar-refractivity contribution in [3.63, 3.8) is 0 Å². The predicted octanol–water partition coefficient (Wildman–Crippen LogP) is 0.814. The third kappa shape index (κ3) is 6.93. The maximum atomic E-state index is 11.6. The van der Waals surface area contributed by atoms with E-state index in [2.05, 4.69) is 5.32 Å². The molecule has 0 bridgehead atoms. The number of hydrogen-bond donors (Lipinski definition) is 2. The molecule has 6 heteroatoms. The van der Waals surface area contributed by atoms with Crippen LogP contribution in [0.1, 0.15) is 12.5 Å². The van der Waals surface area contributed by atoms with E-state index in [4.69, 9.17) is 10.5 Å². The number of halogens is 1. The number of esters is 1. The average Bonchev–Trinajstić information content (AvgIpc) is 2.37. The van der Waals surface area contributed by atoms with Gasteiger partial charge in [-0.2, -0.15) is 0 Å². The molecule has 0 saturated carbocycles. The molecular weight excluding hydrogens is 312 g/mol. The van der Waals surface area contributed by atoms with Crippen molar-refractivity contribution in [2.45, 2.75) is 19.4 Å². The van der Waals surface area contributed by atoms with Crippen LogP contribution in [-0.4, -0.2) is 31.1 Å². The number of amides is 1. The van der Waals surface area contributed by atoms with E-state index in [-0.39, 0.29) is 29.4 Å². The molecule has 5 nitrogen and oxygen atoms in total. The fourth-order valence-corrected chi connectivity index (χ4v) is 1.46. The maximum absolute atomic E-state index is 11.6. The summed E-state index contributed by atoms with van der Waals surface area (Å²) < 4.78 is 4.70. The molecule has 3 N–H and O–H groups in total. The topological polar surface area (TPSA) is 81.4 Å². The Kier molecular flexibility index (Phi) is 8.82. The third-order valence-corrected chi connectivity index (χ3v) is 2.35. The Bertz CT molecular complexity index is 398. The molecule has 0 spiro atoms.